The maximum atomic E-state index is 12.8. The van der Waals surface area contributed by atoms with Crippen LogP contribution in [0.4, 0.5) is 4.39 Å². The Labute approximate surface area is 123 Å². The fourth-order valence-corrected chi connectivity index (χ4v) is 1.83. The van der Waals surface area contributed by atoms with Gasteiger partial charge in [0.1, 0.15) is 5.82 Å². The average molecular weight is 284 g/mol. The summed E-state index contributed by atoms with van der Waals surface area (Å²) in [5.41, 5.74) is 6.90. The topological polar surface area (TPSA) is 41.5 Å². The molecule has 0 unspecified atom stereocenters. The Morgan fingerprint density at radius 3 is 2.24 bits per heavy atom. The molecule has 0 saturated carbocycles. The van der Waals surface area contributed by atoms with E-state index in [2.05, 4.69) is 10.5 Å². The van der Waals surface area contributed by atoms with Gasteiger partial charge in [-0.05, 0) is 67.8 Å². The predicted molar refractivity (Wildman–Crippen MR) is 82.0 cm³/mol. The maximum absolute atomic E-state index is 12.8. The average Bonchev–Trinajstić information content (AvgIpc) is 2.48. The number of hydrogen-bond acceptors (Lipinski definition) is 2. The summed E-state index contributed by atoms with van der Waals surface area (Å²) in [6, 6.07) is 11.3. The zero-order valence-electron chi connectivity index (χ0n) is 12.3. The Balaban J connectivity index is 2.10. The van der Waals surface area contributed by atoms with E-state index in [0.29, 0.717) is 11.3 Å². The van der Waals surface area contributed by atoms with Crippen molar-refractivity contribution in [2.75, 3.05) is 0 Å². The highest BCUT2D eigenvalue weighted by Gasteiger charge is 2.05. The van der Waals surface area contributed by atoms with Crippen molar-refractivity contribution in [1.82, 2.24) is 5.43 Å². The van der Waals surface area contributed by atoms with Gasteiger partial charge in [0, 0.05) is 5.56 Å². The lowest BCUT2D eigenvalue weighted by Gasteiger charge is -2.06. The molecule has 3 nitrogen and oxygen atoms in total. The first kappa shape index (κ1) is 14.9. The van der Waals surface area contributed by atoms with E-state index in [9.17, 15) is 9.18 Å². The van der Waals surface area contributed by atoms with Gasteiger partial charge in [-0.1, -0.05) is 12.1 Å². The Kier molecular flexibility index (Phi) is 4.48. The van der Waals surface area contributed by atoms with Crippen LogP contribution in [0.25, 0.3) is 0 Å². The molecule has 0 saturated heterocycles. The van der Waals surface area contributed by atoms with Gasteiger partial charge in [0.2, 0.25) is 0 Å². The molecule has 1 N–H and O–H groups in total. The van der Waals surface area contributed by atoms with Crippen LogP contribution >= 0.6 is 0 Å². The van der Waals surface area contributed by atoms with Gasteiger partial charge in [0.25, 0.3) is 5.91 Å². The van der Waals surface area contributed by atoms with E-state index in [0.717, 1.165) is 5.56 Å². The van der Waals surface area contributed by atoms with Crippen LogP contribution in [-0.2, 0) is 0 Å². The number of aryl methyl sites for hydroxylation is 2. The summed E-state index contributed by atoms with van der Waals surface area (Å²) < 4.78 is 12.8. The normalized spacial score (nSPS) is 11.3. The molecule has 0 atom stereocenters. The smallest absolute Gasteiger partial charge is 0.267 e. The first-order chi connectivity index (χ1) is 9.97. The highest BCUT2D eigenvalue weighted by atomic mass is 19.1. The van der Waals surface area contributed by atoms with E-state index in [1.54, 1.807) is 0 Å². The minimum absolute atomic E-state index is 0.363. The summed E-state index contributed by atoms with van der Waals surface area (Å²) in [7, 11) is 0. The van der Waals surface area contributed by atoms with Gasteiger partial charge < -0.3 is 0 Å². The first-order valence-electron chi connectivity index (χ1n) is 6.65. The Morgan fingerprint density at radius 2 is 1.62 bits per heavy atom. The van der Waals surface area contributed by atoms with Gasteiger partial charge in [-0.3, -0.25) is 4.79 Å². The molecule has 0 fully saturated rings. The maximum Gasteiger partial charge on any atom is 0.271 e. The van der Waals surface area contributed by atoms with Crippen LogP contribution in [0.15, 0.2) is 47.6 Å². The van der Waals surface area contributed by atoms with Crippen molar-refractivity contribution in [1.29, 1.82) is 0 Å². The Hall–Kier alpha value is -2.49. The number of nitrogens with zero attached hydrogens (tertiary/aromatic N) is 1. The lowest BCUT2D eigenvalue weighted by atomic mass is 10.0. The molecule has 0 aliphatic rings. The molecule has 0 radical (unpaired) electrons. The predicted octanol–water partition coefficient (Wildman–Crippen LogP) is 3.60. The van der Waals surface area contributed by atoms with Crippen molar-refractivity contribution >= 4 is 11.6 Å². The number of carbonyl (C=O) groups is 1. The summed E-state index contributed by atoms with van der Waals surface area (Å²) >= 11 is 0. The monoisotopic (exact) mass is 284 g/mol. The largest absolute Gasteiger partial charge is 0.271 e. The molecule has 0 bridgehead atoms. The number of hydrazone groups is 1. The third-order valence-corrected chi connectivity index (χ3v) is 3.36. The van der Waals surface area contributed by atoms with Crippen LogP contribution < -0.4 is 5.43 Å². The third kappa shape index (κ3) is 3.75. The molecular formula is C17H17FN2O. The quantitative estimate of drug-likeness (QED) is 0.679. The number of amides is 1. The van der Waals surface area contributed by atoms with E-state index < -0.39 is 0 Å². The van der Waals surface area contributed by atoms with Crippen LogP contribution in [0.3, 0.4) is 0 Å². The summed E-state index contributed by atoms with van der Waals surface area (Å²) in [6.07, 6.45) is 0. The number of benzene rings is 2. The number of hydrogen-bond donors (Lipinski definition) is 1. The van der Waals surface area contributed by atoms with Gasteiger partial charge in [0.05, 0.1) is 5.71 Å². The minimum atomic E-state index is -0.374. The zero-order valence-corrected chi connectivity index (χ0v) is 12.3. The molecular weight excluding hydrogens is 267 g/mol. The molecule has 108 valence electrons. The van der Waals surface area contributed by atoms with E-state index in [1.165, 1.54) is 35.4 Å². The van der Waals surface area contributed by atoms with Crippen molar-refractivity contribution in [3.63, 3.8) is 0 Å². The van der Waals surface area contributed by atoms with Gasteiger partial charge in [-0.25, -0.2) is 9.82 Å². The Bertz CT molecular complexity index is 690. The second-order valence-electron chi connectivity index (χ2n) is 4.94. The molecule has 2 rings (SSSR count). The summed E-state index contributed by atoms with van der Waals surface area (Å²) in [5, 5.41) is 4.09. The Morgan fingerprint density at radius 1 is 1.00 bits per heavy atom. The molecule has 0 aromatic heterocycles. The number of halogens is 1. The van der Waals surface area contributed by atoms with Crippen molar-refractivity contribution < 1.29 is 9.18 Å². The molecule has 21 heavy (non-hydrogen) atoms. The fourth-order valence-electron chi connectivity index (χ4n) is 1.83. The molecule has 0 heterocycles. The molecule has 2 aromatic carbocycles. The molecule has 0 aliphatic heterocycles. The van der Waals surface area contributed by atoms with Crippen LogP contribution in [0, 0.1) is 19.7 Å². The van der Waals surface area contributed by atoms with Gasteiger partial charge in [-0.15, -0.1) is 0 Å². The second-order valence-corrected chi connectivity index (χ2v) is 4.94. The summed E-state index contributed by atoms with van der Waals surface area (Å²) in [5.74, 6) is -0.737. The molecule has 1 amide bonds. The van der Waals surface area contributed by atoms with Gasteiger partial charge in [-0.2, -0.15) is 5.10 Å². The van der Waals surface area contributed by atoms with Crippen molar-refractivity contribution in [3.05, 3.63) is 70.5 Å². The van der Waals surface area contributed by atoms with Crippen molar-refractivity contribution in [3.8, 4) is 0 Å². The highest BCUT2D eigenvalue weighted by molar-refractivity contribution is 6.01. The SMILES string of the molecule is C/C(=N\NC(=O)c1ccc(F)cc1)c1ccc(C)c(C)c1. The number of carbonyl (C=O) groups excluding carboxylic acids is 1. The molecule has 0 spiro atoms. The van der Waals surface area contributed by atoms with E-state index in [4.69, 9.17) is 0 Å². The number of nitrogens with one attached hydrogen (secondary N) is 1. The first-order valence-corrected chi connectivity index (χ1v) is 6.65. The fraction of sp³-hybridized carbons (Fsp3) is 0.176. The van der Waals surface area contributed by atoms with E-state index in [-0.39, 0.29) is 11.7 Å². The third-order valence-electron chi connectivity index (χ3n) is 3.36. The molecule has 0 aliphatic carbocycles. The van der Waals surface area contributed by atoms with Crippen LogP contribution in [0.1, 0.15) is 34.0 Å². The number of rotatable bonds is 3. The van der Waals surface area contributed by atoms with E-state index >= 15 is 0 Å². The van der Waals surface area contributed by atoms with Crippen LogP contribution in [0.5, 0.6) is 0 Å². The van der Waals surface area contributed by atoms with Crippen LogP contribution in [0.2, 0.25) is 0 Å². The molecule has 2 aromatic rings. The summed E-state index contributed by atoms with van der Waals surface area (Å²) in [4.78, 5) is 11.9. The zero-order chi connectivity index (χ0) is 15.4. The van der Waals surface area contributed by atoms with E-state index in [1.807, 2.05) is 39.0 Å². The second kappa shape index (κ2) is 6.31. The minimum Gasteiger partial charge on any atom is -0.267 e. The highest BCUT2D eigenvalue weighted by Crippen LogP contribution is 2.10. The van der Waals surface area contributed by atoms with Crippen molar-refractivity contribution in [2.45, 2.75) is 20.8 Å². The standard InChI is InChI=1S/C17H17FN2O/c1-11-4-5-15(10-12(11)2)13(3)19-20-17(21)14-6-8-16(18)9-7-14/h4-10H,1-3H3,(H,20,21)/b19-13+. The van der Waals surface area contributed by atoms with Gasteiger partial charge in [0.15, 0.2) is 0 Å². The lowest BCUT2D eigenvalue weighted by Crippen LogP contribution is -2.19. The van der Waals surface area contributed by atoms with Crippen molar-refractivity contribution in [2.24, 2.45) is 5.10 Å². The molecule has 4 heteroatoms. The van der Waals surface area contributed by atoms with Gasteiger partial charge >= 0.3 is 0 Å². The summed E-state index contributed by atoms with van der Waals surface area (Å²) in [6.45, 7) is 5.90. The lowest BCUT2D eigenvalue weighted by molar-refractivity contribution is 0.0955. The van der Waals surface area contributed by atoms with Crippen LogP contribution in [-0.4, -0.2) is 11.6 Å².